The van der Waals surface area contributed by atoms with Crippen molar-refractivity contribution < 1.29 is 13.9 Å². The van der Waals surface area contributed by atoms with E-state index in [-0.39, 0.29) is 17.0 Å². The lowest BCUT2D eigenvalue weighted by Gasteiger charge is -2.38. The average Bonchev–Trinajstić information content (AvgIpc) is 2.66. The topological polar surface area (TPSA) is 20.2 Å². The molecule has 2 fully saturated rings. The number of hydrogen-bond donors (Lipinski definition) is 1. The summed E-state index contributed by atoms with van der Waals surface area (Å²) in [4.78, 5) is 0. The minimum Gasteiger partial charge on any atom is -0.388 e. The SMILES string of the molecule is C=CC1CCC(C2CCC(C(O)c3ccc(C)c(F)c3F)CC2)CC1. The summed E-state index contributed by atoms with van der Waals surface area (Å²) < 4.78 is 28.0. The first-order chi connectivity index (χ1) is 12.0. The summed E-state index contributed by atoms with van der Waals surface area (Å²) in [5.74, 6) is 0.546. The van der Waals surface area contributed by atoms with E-state index in [4.69, 9.17) is 0 Å². The van der Waals surface area contributed by atoms with Gasteiger partial charge in [-0.1, -0.05) is 18.2 Å². The number of hydrogen-bond acceptors (Lipinski definition) is 1. The maximum Gasteiger partial charge on any atom is 0.164 e. The highest BCUT2D eigenvalue weighted by molar-refractivity contribution is 5.27. The van der Waals surface area contributed by atoms with Crippen LogP contribution < -0.4 is 0 Å². The van der Waals surface area contributed by atoms with Crippen molar-refractivity contribution in [3.8, 4) is 0 Å². The first-order valence-corrected chi connectivity index (χ1v) is 9.76. The summed E-state index contributed by atoms with van der Waals surface area (Å²) in [7, 11) is 0. The molecule has 1 nitrogen and oxygen atoms in total. The average molecular weight is 348 g/mol. The zero-order chi connectivity index (χ0) is 18.0. The van der Waals surface area contributed by atoms with Crippen molar-refractivity contribution in [1.29, 1.82) is 0 Å². The van der Waals surface area contributed by atoms with Crippen molar-refractivity contribution in [3.63, 3.8) is 0 Å². The summed E-state index contributed by atoms with van der Waals surface area (Å²) in [5, 5.41) is 10.6. The van der Waals surface area contributed by atoms with Gasteiger partial charge in [-0.2, -0.15) is 0 Å². The Morgan fingerprint density at radius 1 is 0.960 bits per heavy atom. The lowest BCUT2D eigenvalue weighted by atomic mass is 9.68. The molecule has 2 aliphatic carbocycles. The fraction of sp³-hybridized carbons (Fsp3) is 0.636. The molecule has 25 heavy (non-hydrogen) atoms. The molecule has 3 rings (SSSR count). The third kappa shape index (κ3) is 3.97. The molecule has 0 radical (unpaired) electrons. The van der Waals surface area contributed by atoms with Gasteiger partial charge in [0.25, 0.3) is 0 Å². The molecule has 1 aromatic carbocycles. The van der Waals surface area contributed by atoms with E-state index in [1.807, 2.05) is 0 Å². The first kappa shape index (κ1) is 18.6. The molecule has 0 bridgehead atoms. The molecule has 3 heteroatoms. The van der Waals surface area contributed by atoms with Gasteiger partial charge in [0.1, 0.15) is 0 Å². The van der Waals surface area contributed by atoms with Gasteiger partial charge >= 0.3 is 0 Å². The lowest BCUT2D eigenvalue weighted by molar-refractivity contribution is 0.0550. The van der Waals surface area contributed by atoms with Crippen LogP contribution >= 0.6 is 0 Å². The van der Waals surface area contributed by atoms with Crippen LogP contribution in [-0.4, -0.2) is 5.11 Å². The molecule has 0 heterocycles. The van der Waals surface area contributed by atoms with Crippen LogP contribution in [0.5, 0.6) is 0 Å². The zero-order valence-electron chi connectivity index (χ0n) is 15.2. The van der Waals surface area contributed by atoms with Crippen LogP contribution in [0.3, 0.4) is 0 Å². The van der Waals surface area contributed by atoms with Crippen LogP contribution in [0.15, 0.2) is 24.8 Å². The molecule has 1 atom stereocenters. The molecule has 2 aliphatic rings. The molecule has 1 aromatic rings. The molecular formula is C22H30F2O. The highest BCUT2D eigenvalue weighted by Crippen LogP contribution is 2.44. The Bertz CT molecular complexity index is 596. The Morgan fingerprint density at radius 3 is 2.08 bits per heavy atom. The quantitative estimate of drug-likeness (QED) is 0.651. The van der Waals surface area contributed by atoms with E-state index in [2.05, 4.69) is 12.7 Å². The fourth-order valence-corrected chi connectivity index (χ4v) is 4.93. The van der Waals surface area contributed by atoms with Crippen LogP contribution in [0.25, 0.3) is 0 Å². The zero-order valence-corrected chi connectivity index (χ0v) is 15.2. The molecule has 0 aromatic heterocycles. The second kappa shape index (κ2) is 7.99. The number of aryl methyl sites for hydroxylation is 1. The van der Waals surface area contributed by atoms with Crippen molar-refractivity contribution in [2.45, 2.75) is 64.4 Å². The number of aliphatic hydroxyl groups excluding tert-OH is 1. The molecule has 1 unspecified atom stereocenters. The minimum absolute atomic E-state index is 0.0392. The Kier molecular flexibility index (Phi) is 5.93. The Morgan fingerprint density at radius 2 is 1.52 bits per heavy atom. The molecule has 0 spiro atoms. The normalized spacial score (nSPS) is 31.5. The van der Waals surface area contributed by atoms with Gasteiger partial charge in [0.2, 0.25) is 0 Å². The summed E-state index contributed by atoms with van der Waals surface area (Å²) >= 11 is 0. The second-order valence-corrected chi connectivity index (χ2v) is 8.13. The molecular weight excluding hydrogens is 318 g/mol. The van der Waals surface area contributed by atoms with E-state index in [9.17, 15) is 13.9 Å². The van der Waals surface area contributed by atoms with Gasteiger partial charge < -0.3 is 5.11 Å². The van der Waals surface area contributed by atoms with E-state index in [0.717, 1.165) is 37.5 Å². The smallest absolute Gasteiger partial charge is 0.164 e. The molecule has 138 valence electrons. The minimum atomic E-state index is -0.896. The molecule has 0 saturated heterocycles. The summed E-state index contributed by atoms with van der Waals surface area (Å²) in [6, 6.07) is 3.10. The van der Waals surface area contributed by atoms with Gasteiger partial charge in [-0.15, -0.1) is 6.58 Å². The number of allylic oxidation sites excluding steroid dienone is 1. The largest absolute Gasteiger partial charge is 0.388 e. The van der Waals surface area contributed by atoms with Crippen molar-refractivity contribution in [2.75, 3.05) is 0 Å². The highest BCUT2D eigenvalue weighted by Gasteiger charge is 2.34. The van der Waals surface area contributed by atoms with Crippen LogP contribution in [0.1, 0.15) is 68.6 Å². The maximum absolute atomic E-state index is 14.2. The third-order valence-electron chi connectivity index (χ3n) is 6.70. The van der Waals surface area contributed by atoms with Gasteiger partial charge in [-0.25, -0.2) is 8.78 Å². The lowest BCUT2D eigenvalue weighted by Crippen LogP contribution is -2.27. The fourth-order valence-electron chi connectivity index (χ4n) is 4.93. The standard InChI is InChI=1S/C22H30F2O/c1-3-15-5-7-16(8-6-15)17-9-11-18(12-10-17)22(25)19-13-4-14(2)20(23)21(19)24/h3-4,13,15-18,22,25H,1,5-12H2,2H3. The molecule has 2 saturated carbocycles. The summed E-state index contributed by atoms with van der Waals surface area (Å²) in [6.07, 6.45) is 10.3. The molecule has 1 N–H and O–H groups in total. The number of rotatable bonds is 4. The van der Waals surface area contributed by atoms with E-state index in [1.54, 1.807) is 19.1 Å². The van der Waals surface area contributed by atoms with Crippen molar-refractivity contribution >= 4 is 0 Å². The van der Waals surface area contributed by atoms with E-state index in [0.29, 0.717) is 5.92 Å². The molecule has 0 aliphatic heterocycles. The predicted molar refractivity (Wildman–Crippen MR) is 97.1 cm³/mol. The highest BCUT2D eigenvalue weighted by atomic mass is 19.2. The predicted octanol–water partition coefficient (Wildman–Crippen LogP) is 6.11. The van der Waals surface area contributed by atoms with E-state index in [1.165, 1.54) is 25.7 Å². The van der Waals surface area contributed by atoms with Gasteiger partial charge in [0.05, 0.1) is 6.10 Å². The number of halogens is 2. The summed E-state index contributed by atoms with van der Waals surface area (Å²) in [5.41, 5.74) is 0.408. The Labute approximate surface area is 150 Å². The van der Waals surface area contributed by atoms with Gasteiger partial charge in [0.15, 0.2) is 11.6 Å². The third-order valence-corrected chi connectivity index (χ3v) is 6.70. The van der Waals surface area contributed by atoms with E-state index >= 15 is 0 Å². The van der Waals surface area contributed by atoms with Gasteiger partial charge in [-0.05, 0) is 87.5 Å². The van der Waals surface area contributed by atoms with Crippen LogP contribution in [0, 0.1) is 42.2 Å². The Hall–Kier alpha value is -1.22. The van der Waals surface area contributed by atoms with Crippen LogP contribution in [0.2, 0.25) is 0 Å². The Balaban J connectivity index is 1.57. The molecule has 0 amide bonds. The van der Waals surface area contributed by atoms with Gasteiger partial charge in [0, 0.05) is 5.56 Å². The van der Waals surface area contributed by atoms with Crippen LogP contribution in [-0.2, 0) is 0 Å². The van der Waals surface area contributed by atoms with Crippen molar-refractivity contribution in [2.24, 2.45) is 23.7 Å². The summed E-state index contributed by atoms with van der Waals surface area (Å²) in [6.45, 7) is 5.46. The maximum atomic E-state index is 14.2. The monoisotopic (exact) mass is 348 g/mol. The van der Waals surface area contributed by atoms with Crippen LogP contribution in [0.4, 0.5) is 8.78 Å². The van der Waals surface area contributed by atoms with Gasteiger partial charge in [-0.3, -0.25) is 0 Å². The van der Waals surface area contributed by atoms with E-state index < -0.39 is 17.7 Å². The van der Waals surface area contributed by atoms with Crippen molar-refractivity contribution in [1.82, 2.24) is 0 Å². The number of benzene rings is 1. The van der Waals surface area contributed by atoms with Crippen molar-refractivity contribution in [3.05, 3.63) is 47.5 Å². The second-order valence-electron chi connectivity index (χ2n) is 8.13. The number of aliphatic hydroxyl groups is 1. The first-order valence-electron chi connectivity index (χ1n) is 9.76.